The number of hydrogen-bond donors (Lipinski definition) is 1. The molecule has 0 heterocycles. The van der Waals surface area contributed by atoms with Gasteiger partial charge in [0.2, 0.25) is 5.91 Å². The van der Waals surface area contributed by atoms with E-state index in [9.17, 15) is 4.79 Å². The number of benzene rings is 1. The maximum atomic E-state index is 12.3. The molecular weight excluding hydrogens is 328 g/mol. The Kier molecular flexibility index (Phi) is 5.82. The first-order chi connectivity index (χ1) is 12.6. The van der Waals surface area contributed by atoms with Gasteiger partial charge in [-0.05, 0) is 67.7 Å². The van der Waals surface area contributed by atoms with Gasteiger partial charge in [-0.1, -0.05) is 12.5 Å². The Labute approximate surface area is 155 Å². The third-order valence-electron chi connectivity index (χ3n) is 5.71. The zero-order valence-corrected chi connectivity index (χ0v) is 15.4. The maximum absolute atomic E-state index is 12.3. The minimum Gasteiger partial charge on any atom is -0.493 e. The Bertz CT molecular complexity index is 722. The van der Waals surface area contributed by atoms with E-state index >= 15 is 0 Å². The highest BCUT2D eigenvalue weighted by molar-refractivity contribution is 5.92. The molecule has 26 heavy (non-hydrogen) atoms. The zero-order chi connectivity index (χ0) is 18.5. The van der Waals surface area contributed by atoms with E-state index in [2.05, 4.69) is 12.2 Å². The van der Waals surface area contributed by atoms with E-state index in [1.54, 1.807) is 31.4 Å². The van der Waals surface area contributed by atoms with E-state index in [1.165, 1.54) is 25.7 Å². The van der Waals surface area contributed by atoms with Gasteiger partial charge < -0.3 is 14.8 Å². The molecule has 1 amide bonds. The van der Waals surface area contributed by atoms with Crippen molar-refractivity contribution in [2.24, 2.45) is 17.8 Å². The second-order valence-electron chi connectivity index (χ2n) is 7.33. The molecule has 0 radical (unpaired) electrons. The summed E-state index contributed by atoms with van der Waals surface area (Å²) in [5.74, 6) is 3.30. The van der Waals surface area contributed by atoms with Crippen LogP contribution in [0.4, 0.5) is 0 Å². The lowest BCUT2D eigenvalue weighted by Crippen LogP contribution is -2.39. The summed E-state index contributed by atoms with van der Waals surface area (Å²) in [6.07, 6.45) is 8.63. The molecule has 138 valence electrons. The number of methoxy groups -OCH3 is 1. The number of hydrogen-bond acceptors (Lipinski definition) is 4. The number of nitrogens with one attached hydrogen (secondary N) is 1. The lowest BCUT2D eigenvalue weighted by molar-refractivity contribution is -0.117. The Morgan fingerprint density at radius 3 is 2.88 bits per heavy atom. The Hall–Kier alpha value is -2.48. The van der Waals surface area contributed by atoms with Gasteiger partial charge in [-0.15, -0.1) is 0 Å². The van der Waals surface area contributed by atoms with Gasteiger partial charge in [0, 0.05) is 12.1 Å². The SMILES string of the molecule is COc1cc(/C=C/C(=O)NC(C)C2CC3CCC2C3)ccc1OCC#N. The van der Waals surface area contributed by atoms with E-state index in [-0.39, 0.29) is 18.6 Å². The largest absolute Gasteiger partial charge is 0.493 e. The van der Waals surface area contributed by atoms with Crippen molar-refractivity contribution in [3.8, 4) is 17.6 Å². The summed E-state index contributed by atoms with van der Waals surface area (Å²) in [5.41, 5.74) is 0.842. The number of carbonyl (C=O) groups is 1. The summed E-state index contributed by atoms with van der Waals surface area (Å²) in [5, 5.41) is 11.7. The van der Waals surface area contributed by atoms with Gasteiger partial charge in [0.15, 0.2) is 18.1 Å². The van der Waals surface area contributed by atoms with Crippen LogP contribution in [0.3, 0.4) is 0 Å². The second kappa shape index (κ2) is 8.27. The number of nitriles is 1. The molecular formula is C21H26N2O3. The molecule has 2 fully saturated rings. The predicted octanol–water partition coefficient (Wildman–Crippen LogP) is 3.55. The van der Waals surface area contributed by atoms with Crippen molar-refractivity contribution in [2.45, 2.75) is 38.6 Å². The van der Waals surface area contributed by atoms with Gasteiger partial charge in [0.05, 0.1) is 7.11 Å². The molecule has 1 aromatic carbocycles. The fourth-order valence-corrected chi connectivity index (χ4v) is 4.47. The molecule has 5 nitrogen and oxygen atoms in total. The molecule has 1 N–H and O–H groups in total. The number of carbonyl (C=O) groups excluding carboxylic acids is 1. The zero-order valence-electron chi connectivity index (χ0n) is 15.4. The van der Waals surface area contributed by atoms with E-state index in [0.29, 0.717) is 17.4 Å². The molecule has 1 aromatic rings. The van der Waals surface area contributed by atoms with Crippen molar-refractivity contribution in [1.29, 1.82) is 5.26 Å². The Morgan fingerprint density at radius 2 is 2.23 bits per heavy atom. The quantitative estimate of drug-likeness (QED) is 0.760. The van der Waals surface area contributed by atoms with Crippen LogP contribution in [0.5, 0.6) is 11.5 Å². The van der Waals surface area contributed by atoms with E-state index in [4.69, 9.17) is 14.7 Å². The smallest absolute Gasteiger partial charge is 0.244 e. The van der Waals surface area contributed by atoms with Crippen molar-refractivity contribution in [2.75, 3.05) is 13.7 Å². The maximum Gasteiger partial charge on any atom is 0.244 e. The lowest BCUT2D eigenvalue weighted by Gasteiger charge is -2.28. The van der Waals surface area contributed by atoms with E-state index in [0.717, 1.165) is 17.4 Å². The molecule has 2 bridgehead atoms. The van der Waals surface area contributed by atoms with Crippen LogP contribution in [0.25, 0.3) is 6.08 Å². The van der Waals surface area contributed by atoms with Crippen molar-refractivity contribution < 1.29 is 14.3 Å². The van der Waals surface area contributed by atoms with Crippen LogP contribution in [0.2, 0.25) is 0 Å². The van der Waals surface area contributed by atoms with Crippen molar-refractivity contribution in [3.05, 3.63) is 29.8 Å². The van der Waals surface area contributed by atoms with Crippen molar-refractivity contribution in [3.63, 3.8) is 0 Å². The first-order valence-electron chi connectivity index (χ1n) is 9.27. The first-order valence-corrected chi connectivity index (χ1v) is 9.27. The number of amides is 1. The van der Waals surface area contributed by atoms with Crippen LogP contribution in [0.1, 0.15) is 38.2 Å². The fourth-order valence-electron chi connectivity index (χ4n) is 4.47. The molecule has 2 aliphatic rings. The summed E-state index contributed by atoms with van der Waals surface area (Å²) in [6, 6.07) is 7.51. The topological polar surface area (TPSA) is 71.3 Å². The van der Waals surface area contributed by atoms with Gasteiger partial charge in [0.25, 0.3) is 0 Å². The molecule has 4 atom stereocenters. The Morgan fingerprint density at radius 1 is 1.38 bits per heavy atom. The second-order valence-corrected chi connectivity index (χ2v) is 7.33. The molecule has 0 spiro atoms. The monoisotopic (exact) mass is 354 g/mol. The highest BCUT2D eigenvalue weighted by Gasteiger charge is 2.41. The van der Waals surface area contributed by atoms with Crippen LogP contribution in [0.15, 0.2) is 24.3 Å². The van der Waals surface area contributed by atoms with Crippen LogP contribution < -0.4 is 14.8 Å². The number of fused-ring (bicyclic) bond motifs is 2. The molecule has 2 aliphatic carbocycles. The van der Waals surface area contributed by atoms with Crippen LogP contribution in [-0.4, -0.2) is 25.7 Å². The van der Waals surface area contributed by atoms with Crippen LogP contribution in [-0.2, 0) is 4.79 Å². The molecule has 2 saturated carbocycles. The number of ether oxygens (including phenoxy) is 2. The predicted molar refractivity (Wildman–Crippen MR) is 99.7 cm³/mol. The fraction of sp³-hybridized carbons (Fsp3) is 0.524. The minimum absolute atomic E-state index is 0.0329. The normalized spacial score (nSPS) is 25.0. The van der Waals surface area contributed by atoms with Crippen LogP contribution in [0, 0.1) is 29.1 Å². The minimum atomic E-state index is -0.0657. The Balaban J connectivity index is 1.56. The van der Waals surface area contributed by atoms with Gasteiger partial charge in [-0.3, -0.25) is 4.79 Å². The number of rotatable bonds is 7. The standard InChI is InChI=1S/C21H26N2O3/c1-14(18-12-16-3-6-17(18)11-16)23-21(24)8-5-15-4-7-19(26-10-9-22)20(13-15)25-2/h4-5,7-8,13-14,16-18H,3,6,10-12H2,1-2H3,(H,23,24)/b8-5+. The summed E-state index contributed by atoms with van der Waals surface area (Å²) in [7, 11) is 1.55. The summed E-state index contributed by atoms with van der Waals surface area (Å²) in [4.78, 5) is 12.3. The number of nitrogens with zero attached hydrogens (tertiary/aromatic N) is 1. The van der Waals surface area contributed by atoms with Crippen molar-refractivity contribution >= 4 is 12.0 Å². The summed E-state index contributed by atoms with van der Waals surface area (Å²) >= 11 is 0. The average Bonchev–Trinajstić information content (AvgIpc) is 3.28. The molecule has 0 aliphatic heterocycles. The van der Waals surface area contributed by atoms with Crippen molar-refractivity contribution in [1.82, 2.24) is 5.32 Å². The average molecular weight is 354 g/mol. The van der Waals surface area contributed by atoms with Gasteiger partial charge in [-0.2, -0.15) is 5.26 Å². The summed E-state index contributed by atoms with van der Waals surface area (Å²) in [6.45, 7) is 2.09. The van der Waals surface area contributed by atoms with E-state index in [1.807, 2.05) is 12.1 Å². The third-order valence-corrected chi connectivity index (χ3v) is 5.71. The van der Waals surface area contributed by atoms with Gasteiger partial charge >= 0.3 is 0 Å². The summed E-state index contributed by atoms with van der Waals surface area (Å²) < 4.78 is 10.6. The van der Waals surface area contributed by atoms with E-state index < -0.39 is 0 Å². The first kappa shape index (κ1) is 18.3. The highest BCUT2D eigenvalue weighted by Crippen LogP contribution is 2.49. The molecule has 3 rings (SSSR count). The molecule has 5 heteroatoms. The molecule has 4 unspecified atom stereocenters. The van der Waals surface area contributed by atoms with Crippen LogP contribution >= 0.6 is 0 Å². The molecule has 0 aromatic heterocycles. The highest BCUT2D eigenvalue weighted by atomic mass is 16.5. The molecule has 0 saturated heterocycles. The lowest BCUT2D eigenvalue weighted by atomic mass is 9.84. The van der Waals surface area contributed by atoms with Gasteiger partial charge in [0.1, 0.15) is 6.07 Å². The van der Waals surface area contributed by atoms with Gasteiger partial charge in [-0.25, -0.2) is 0 Å². The third kappa shape index (κ3) is 4.19.